The average molecular weight is 1520 g/mol. The first kappa shape index (κ1) is 85.2. The molecule has 0 amide bonds. The summed E-state index contributed by atoms with van der Waals surface area (Å²) in [5.74, 6) is -3.11. The molecule has 1 aliphatic heterocycles. The summed E-state index contributed by atoms with van der Waals surface area (Å²) in [5, 5.41) is 147. The van der Waals surface area contributed by atoms with Crippen LogP contribution in [-0.4, -0.2) is 196 Å². The number of benzene rings is 8. The van der Waals surface area contributed by atoms with Crippen LogP contribution in [0.1, 0.15) is 128 Å². The summed E-state index contributed by atoms with van der Waals surface area (Å²) in [6.45, 7) is 1.11. The van der Waals surface area contributed by atoms with Crippen LogP contribution in [0.3, 0.4) is 0 Å². The maximum Gasteiger partial charge on any atom is 3.00 e. The molecule has 8 aromatic rings. The van der Waals surface area contributed by atoms with Crippen LogP contribution in [0.4, 0.5) is 0 Å². The summed E-state index contributed by atoms with van der Waals surface area (Å²) in [4.78, 5) is 96.5. The van der Waals surface area contributed by atoms with Gasteiger partial charge in [-0.3, -0.25) is 38.4 Å². The third-order valence-corrected chi connectivity index (χ3v) is 15.2. The minimum Gasteiger partial charge on any atom is -0.423 e. The van der Waals surface area contributed by atoms with Gasteiger partial charge in [0.05, 0.1) is 31.2 Å². The van der Waals surface area contributed by atoms with Gasteiger partial charge in [0.1, 0.15) is 0 Å². The van der Waals surface area contributed by atoms with Crippen molar-refractivity contribution in [2.75, 3.05) is 6.54 Å². The van der Waals surface area contributed by atoms with E-state index in [1.807, 2.05) is 0 Å². The third kappa shape index (κ3) is 28.3. The van der Waals surface area contributed by atoms with Gasteiger partial charge in [-0.05, 0) is 69.5 Å². The minimum absolute atomic E-state index is 0. The first-order chi connectivity index (χ1) is 46.9. The second-order valence-electron chi connectivity index (χ2n) is 22.0. The Morgan fingerprint density at radius 3 is 0.470 bits per heavy atom. The van der Waals surface area contributed by atoms with Crippen LogP contribution in [0.15, 0.2) is 194 Å². The zero-order chi connectivity index (χ0) is 73.0. The van der Waals surface area contributed by atoms with Crippen molar-refractivity contribution in [2.45, 2.75) is 50.4 Å². The van der Waals surface area contributed by atoms with Crippen molar-refractivity contribution in [1.82, 2.24) is 5.32 Å². The Kier molecular flexibility index (Phi) is 36.6. The molecule has 0 bridgehead atoms. The first-order valence-corrected chi connectivity index (χ1v) is 30.7. The molecular formula is C65H66B8ClEuNO24+3. The van der Waals surface area contributed by atoms with E-state index >= 15 is 0 Å². The van der Waals surface area contributed by atoms with Crippen LogP contribution in [0, 0.1) is 49.4 Å². The molecule has 100 heavy (non-hydrogen) atoms. The molecule has 1 heterocycles. The fraction of sp³-hybridized carbons (Fsp3) is 0.138. The zero-order valence-electron chi connectivity index (χ0n) is 53.0. The Labute approximate surface area is 622 Å². The van der Waals surface area contributed by atoms with Crippen molar-refractivity contribution < 1.29 is 168 Å². The minimum atomic E-state index is -1.61. The molecule has 35 heteroatoms. The van der Waals surface area contributed by atoms with Gasteiger partial charge in [-0.25, -0.2) is 0 Å². The Bertz CT molecular complexity index is 3210. The molecular weight excluding hydrogens is 1450 g/mol. The zero-order valence-corrected chi connectivity index (χ0v) is 56.2. The molecule has 1 atom stereocenters. The van der Waals surface area contributed by atoms with E-state index in [1.165, 1.54) is 207 Å². The van der Waals surface area contributed by atoms with E-state index in [4.69, 9.17) is 92.0 Å². The van der Waals surface area contributed by atoms with Gasteiger partial charge < -0.3 is 85.7 Å². The molecule has 0 aliphatic carbocycles. The molecule has 0 radical (unpaired) electrons. The van der Waals surface area contributed by atoms with Crippen molar-refractivity contribution in [1.29, 1.82) is 0 Å². The van der Waals surface area contributed by atoms with Crippen molar-refractivity contribution in [3.63, 3.8) is 0 Å². The number of ketones is 8. The van der Waals surface area contributed by atoms with Crippen LogP contribution in [0.2, 0.25) is 0 Å². The number of carbonyl (C=O) groups excluding carboxylic acids is 8. The Morgan fingerprint density at radius 2 is 0.390 bits per heavy atom. The maximum atomic E-state index is 12.1. The van der Waals surface area contributed by atoms with Crippen LogP contribution >= 0.6 is 11.6 Å². The Balaban J connectivity index is 0.000000272. The van der Waals surface area contributed by atoms with Gasteiger partial charge in [0.25, 0.3) is 0 Å². The fourth-order valence-corrected chi connectivity index (χ4v) is 9.20. The van der Waals surface area contributed by atoms with E-state index in [0.29, 0.717) is 44.5 Å². The van der Waals surface area contributed by atoms with Gasteiger partial charge in [0, 0.05) is 44.5 Å². The molecule has 1 unspecified atom stereocenters. The number of alkyl halides is 1. The standard InChI is InChI=1S/4C15H14B2O6.C5H10ClN.Eu/c4*18-14(10-1-5-12(6-2-10)16(20)21)9-15(19)11-3-7-13(8-4-11)17(22)23;6-5-3-1-2-4-7-5;/h4*1-8,20-23H,9H2;5,7H,1-4H2;/q;;;;;+3. The summed E-state index contributed by atoms with van der Waals surface area (Å²) in [6, 6.07) is 45.3. The fourth-order valence-electron chi connectivity index (χ4n) is 8.94. The van der Waals surface area contributed by atoms with Gasteiger partial charge in [0.2, 0.25) is 0 Å². The molecule has 510 valence electrons. The number of Topliss-reactive ketones (excluding diaryl/α,β-unsaturated/α-hetero) is 8. The number of halogens is 1. The monoisotopic (exact) mass is 1520 g/mol. The smallest absolute Gasteiger partial charge is 0.423 e. The number of hydrogen-bond acceptors (Lipinski definition) is 25. The molecule has 0 saturated carbocycles. The number of hydrogen-bond donors (Lipinski definition) is 17. The largest absolute Gasteiger partial charge is 3.00 e. The summed E-state index contributed by atoms with van der Waals surface area (Å²) < 4.78 is 0. The molecule has 1 aliphatic rings. The second kappa shape index (κ2) is 42.9. The van der Waals surface area contributed by atoms with Crippen molar-refractivity contribution >= 4 is 159 Å². The molecule has 25 nitrogen and oxygen atoms in total. The molecule has 0 aromatic heterocycles. The van der Waals surface area contributed by atoms with E-state index in [1.54, 1.807) is 0 Å². The molecule has 8 aromatic carbocycles. The average Bonchev–Trinajstić information content (AvgIpc) is 0.886. The molecule has 1 fully saturated rings. The topological polar surface area (TPSA) is 472 Å². The Hall–Kier alpha value is -7.17. The molecule has 1 saturated heterocycles. The van der Waals surface area contributed by atoms with Gasteiger partial charge in [-0.1, -0.05) is 194 Å². The summed E-state index contributed by atoms with van der Waals surface area (Å²) in [7, 11) is -12.9. The first-order valence-electron chi connectivity index (χ1n) is 30.2. The van der Waals surface area contributed by atoms with Gasteiger partial charge in [-0.15, -0.1) is 11.6 Å². The number of rotatable bonds is 24. The SMILES string of the molecule is ClC1CCCCN1.O=C(CC(=O)c1ccc(B(O)O)cc1)c1ccc(B(O)O)cc1.O=C(CC(=O)c1ccc(B(O)O)cc1)c1ccc(B(O)O)cc1.O=C(CC(=O)c1ccc(B(O)O)cc1)c1ccc(B(O)O)cc1.O=C(CC(=O)c1ccc(B(O)O)cc1)c1ccc(B(O)O)cc1.[Eu+3]. The van der Waals surface area contributed by atoms with Crippen LogP contribution in [-0.2, 0) is 0 Å². The summed E-state index contributed by atoms with van der Waals surface area (Å²) in [5.41, 5.74) is 4.67. The van der Waals surface area contributed by atoms with E-state index in [2.05, 4.69) is 5.32 Å². The predicted octanol–water partition coefficient (Wildman–Crippen LogP) is -4.67. The summed E-state index contributed by atoms with van der Waals surface area (Å²) in [6.07, 6.45) is 2.40. The van der Waals surface area contributed by atoms with E-state index in [-0.39, 0.29) is 171 Å². The van der Waals surface area contributed by atoms with E-state index < -0.39 is 56.9 Å². The number of nitrogens with one attached hydrogen (secondary N) is 1. The summed E-state index contributed by atoms with van der Waals surface area (Å²) >= 11 is 5.71. The molecule has 17 N–H and O–H groups in total. The Morgan fingerprint density at radius 1 is 0.260 bits per heavy atom. The number of carbonyl (C=O) groups is 8. The quantitative estimate of drug-likeness (QED) is 0.00889. The van der Waals surface area contributed by atoms with Crippen molar-refractivity contribution in [3.8, 4) is 0 Å². The predicted molar refractivity (Wildman–Crippen MR) is 375 cm³/mol. The van der Waals surface area contributed by atoms with Gasteiger partial charge >= 0.3 is 106 Å². The van der Waals surface area contributed by atoms with Crippen LogP contribution in [0.5, 0.6) is 0 Å². The molecule has 0 spiro atoms. The second-order valence-corrected chi connectivity index (χ2v) is 22.5. The molecule has 9 rings (SSSR count). The van der Waals surface area contributed by atoms with Crippen molar-refractivity contribution in [2.24, 2.45) is 0 Å². The van der Waals surface area contributed by atoms with Crippen LogP contribution in [0.25, 0.3) is 0 Å². The normalized spacial score (nSPS) is 11.8. The van der Waals surface area contributed by atoms with Gasteiger partial charge in [0.15, 0.2) is 46.3 Å². The van der Waals surface area contributed by atoms with E-state index in [0.717, 1.165) is 13.0 Å². The van der Waals surface area contributed by atoms with Crippen molar-refractivity contribution in [3.05, 3.63) is 239 Å². The number of piperidine rings is 1. The van der Waals surface area contributed by atoms with E-state index in [9.17, 15) is 38.4 Å². The van der Waals surface area contributed by atoms with Crippen LogP contribution < -0.4 is 49.0 Å². The van der Waals surface area contributed by atoms with Gasteiger partial charge in [-0.2, -0.15) is 0 Å². The maximum absolute atomic E-state index is 12.1. The third-order valence-electron chi connectivity index (χ3n) is 14.8.